The van der Waals surface area contributed by atoms with E-state index in [-0.39, 0.29) is 35.6 Å². The van der Waals surface area contributed by atoms with Gasteiger partial charge >= 0.3 is 5.97 Å². The smallest absolute Gasteiger partial charge is 0.333 e. The van der Waals surface area contributed by atoms with Crippen molar-refractivity contribution in [2.24, 2.45) is 11.8 Å². The Kier molecular flexibility index (Phi) is 14.3. The predicted octanol–water partition coefficient (Wildman–Crippen LogP) is 2.02. The fourth-order valence-corrected chi connectivity index (χ4v) is 5.16. The summed E-state index contributed by atoms with van der Waals surface area (Å²) in [5.41, 5.74) is -0.0577. The largest absolute Gasteiger partial charge is 0.433 e. The summed E-state index contributed by atoms with van der Waals surface area (Å²) in [6.45, 7) is 10.4. The van der Waals surface area contributed by atoms with E-state index in [1.54, 1.807) is 47.6 Å². The molecular weight excluding hydrogens is 504 g/mol. The number of carbonyl (C=O) groups is 5. The number of amides is 4. The maximum absolute atomic E-state index is 13.1. The Morgan fingerprint density at radius 2 is 1.89 bits per heavy atom. The maximum Gasteiger partial charge on any atom is 0.333 e. The maximum atomic E-state index is 13.1. The third-order valence-corrected chi connectivity index (χ3v) is 7.63. The number of ether oxygens (including phenoxy) is 1. The summed E-state index contributed by atoms with van der Waals surface area (Å²) in [4.78, 5) is 63.4. The van der Waals surface area contributed by atoms with Gasteiger partial charge in [0.1, 0.15) is 23.8 Å². The van der Waals surface area contributed by atoms with Crippen molar-refractivity contribution in [1.82, 2.24) is 21.3 Å². The quantitative estimate of drug-likeness (QED) is 0.227. The van der Waals surface area contributed by atoms with Crippen molar-refractivity contribution in [3.05, 3.63) is 24.1 Å². The second kappa shape index (κ2) is 16.3. The first-order valence-electron chi connectivity index (χ1n) is 12.0. The fourth-order valence-electron chi connectivity index (χ4n) is 3.00. The van der Waals surface area contributed by atoms with Crippen molar-refractivity contribution in [2.45, 2.75) is 72.5 Å². The molecule has 10 nitrogen and oxygen atoms in total. The Bertz CT molecular complexity index is 860. The summed E-state index contributed by atoms with van der Waals surface area (Å²) < 4.78 is 5.16. The van der Waals surface area contributed by atoms with E-state index in [2.05, 4.69) is 21.3 Å². The van der Waals surface area contributed by atoms with E-state index in [1.807, 2.05) is 0 Å². The molecule has 4 N–H and O–H groups in total. The van der Waals surface area contributed by atoms with Crippen LogP contribution in [0.25, 0.3) is 0 Å². The molecule has 0 aliphatic carbocycles. The van der Waals surface area contributed by atoms with Crippen molar-refractivity contribution in [2.75, 3.05) is 11.5 Å². The van der Waals surface area contributed by atoms with Crippen molar-refractivity contribution >= 4 is 51.2 Å². The number of hydrogen-bond acceptors (Lipinski definition) is 8. The second-order valence-electron chi connectivity index (χ2n) is 8.79. The lowest BCUT2D eigenvalue weighted by atomic mass is 10.0. The Morgan fingerprint density at radius 3 is 2.47 bits per heavy atom. The van der Waals surface area contributed by atoms with Crippen LogP contribution in [0.5, 0.6) is 0 Å². The monoisotopic (exact) mass is 542 g/mol. The van der Waals surface area contributed by atoms with Gasteiger partial charge in [-0.25, -0.2) is 4.79 Å². The SMILES string of the molecule is C/C=C1\NC(=O)[C@H](NC(=O)[C@H](NC(=O)CC)C(C)C)CSSCC/C=C/OC(=O)[C@H](C(C)C)NC1=O. The van der Waals surface area contributed by atoms with E-state index in [0.29, 0.717) is 12.2 Å². The number of carbonyl (C=O) groups excluding carboxylic acids is 5. The zero-order chi connectivity index (χ0) is 27.3. The molecule has 0 bridgehead atoms. The molecule has 0 unspecified atom stereocenters. The van der Waals surface area contributed by atoms with E-state index >= 15 is 0 Å². The highest BCUT2D eigenvalue weighted by Gasteiger charge is 2.31. The molecule has 0 aromatic carbocycles. The number of hydrogen-bond donors (Lipinski definition) is 4. The van der Waals surface area contributed by atoms with Gasteiger partial charge in [-0.15, -0.1) is 0 Å². The molecule has 0 saturated heterocycles. The van der Waals surface area contributed by atoms with Gasteiger partial charge in [-0.2, -0.15) is 0 Å². The van der Waals surface area contributed by atoms with Crippen LogP contribution < -0.4 is 21.3 Å². The standard InChI is InChI=1S/C24H38N4O6S2/c1-7-16-21(30)28-20(15(5)6)24(33)34-11-9-10-12-35-36-13-17(22(31)25-16)26-23(32)19(14(3)4)27-18(29)8-2/h7,9,11,14-15,17,19-20H,8,10,12-13H2,1-6H3,(H,25,31)(H,26,32)(H,27,29)(H,28,30)/b11-9+,16-7-/t17-,19-,20+/m1/s1. The molecule has 202 valence electrons. The normalized spacial score (nSPS) is 23.4. The molecule has 4 amide bonds. The fraction of sp³-hybridized carbons (Fsp3) is 0.625. The zero-order valence-corrected chi connectivity index (χ0v) is 23.3. The molecule has 0 aromatic rings. The van der Waals surface area contributed by atoms with Crippen molar-refractivity contribution in [3.8, 4) is 0 Å². The van der Waals surface area contributed by atoms with Gasteiger partial charge in [0.15, 0.2) is 0 Å². The summed E-state index contributed by atoms with van der Waals surface area (Å²) in [6, 6.07) is -2.70. The van der Waals surface area contributed by atoms with Crippen LogP contribution in [0, 0.1) is 11.8 Å². The minimum Gasteiger partial charge on any atom is -0.433 e. The highest BCUT2D eigenvalue weighted by atomic mass is 33.1. The minimum absolute atomic E-state index is 0.0577. The molecule has 0 radical (unpaired) electrons. The summed E-state index contributed by atoms with van der Waals surface area (Å²) >= 11 is 0. The predicted molar refractivity (Wildman–Crippen MR) is 142 cm³/mol. The summed E-state index contributed by atoms with van der Waals surface area (Å²) in [5.74, 6) is -2.13. The van der Waals surface area contributed by atoms with Crippen LogP contribution in [0.2, 0.25) is 0 Å². The minimum atomic E-state index is -0.966. The van der Waals surface area contributed by atoms with E-state index in [1.165, 1.54) is 33.9 Å². The van der Waals surface area contributed by atoms with E-state index in [4.69, 9.17) is 4.74 Å². The zero-order valence-electron chi connectivity index (χ0n) is 21.7. The van der Waals surface area contributed by atoms with Crippen molar-refractivity contribution in [3.63, 3.8) is 0 Å². The van der Waals surface area contributed by atoms with Crippen LogP contribution in [0.3, 0.4) is 0 Å². The molecule has 1 aliphatic rings. The lowest BCUT2D eigenvalue weighted by Gasteiger charge is -2.25. The van der Waals surface area contributed by atoms with Gasteiger partial charge in [0, 0.05) is 17.9 Å². The first-order chi connectivity index (χ1) is 17.0. The lowest BCUT2D eigenvalue weighted by molar-refractivity contribution is -0.143. The molecule has 1 aliphatic heterocycles. The molecule has 3 atom stereocenters. The molecule has 12 heteroatoms. The molecule has 0 spiro atoms. The Hall–Kier alpha value is -2.47. The average Bonchev–Trinajstić information content (AvgIpc) is 2.83. The summed E-state index contributed by atoms with van der Waals surface area (Å²) in [6.07, 6.45) is 5.29. The van der Waals surface area contributed by atoms with Crippen molar-refractivity contribution < 1.29 is 28.7 Å². The van der Waals surface area contributed by atoms with Gasteiger partial charge in [0.2, 0.25) is 17.7 Å². The first kappa shape index (κ1) is 31.6. The lowest BCUT2D eigenvalue weighted by Crippen LogP contribution is -2.56. The Labute approximate surface area is 221 Å². The van der Waals surface area contributed by atoms with E-state index < -0.39 is 41.8 Å². The van der Waals surface area contributed by atoms with Crippen LogP contribution in [0.15, 0.2) is 24.1 Å². The molecule has 0 aromatic heterocycles. The molecule has 1 rings (SSSR count). The highest BCUT2D eigenvalue weighted by molar-refractivity contribution is 8.76. The highest BCUT2D eigenvalue weighted by Crippen LogP contribution is 2.23. The second-order valence-corrected chi connectivity index (χ2v) is 11.4. The third-order valence-electron chi connectivity index (χ3n) is 5.18. The van der Waals surface area contributed by atoms with E-state index in [0.717, 1.165) is 0 Å². The number of nitrogens with one attached hydrogen (secondary N) is 4. The summed E-state index contributed by atoms with van der Waals surface area (Å²) in [7, 11) is 2.88. The topological polar surface area (TPSA) is 143 Å². The van der Waals surface area contributed by atoms with Crippen LogP contribution in [0.1, 0.15) is 54.4 Å². The summed E-state index contributed by atoms with van der Waals surface area (Å²) in [5, 5.41) is 10.6. The van der Waals surface area contributed by atoms with E-state index in [9.17, 15) is 24.0 Å². The van der Waals surface area contributed by atoms with Gasteiger partial charge in [0.05, 0.1) is 6.26 Å². The molecular formula is C24H38N4O6S2. The van der Waals surface area contributed by atoms with Gasteiger partial charge in [-0.3, -0.25) is 19.2 Å². The van der Waals surface area contributed by atoms with Crippen LogP contribution in [-0.2, 0) is 28.7 Å². The molecule has 36 heavy (non-hydrogen) atoms. The molecule has 1 heterocycles. The number of cyclic esters (lactones) is 1. The van der Waals surface area contributed by atoms with Crippen LogP contribution in [-0.4, -0.2) is 59.2 Å². The van der Waals surface area contributed by atoms with Gasteiger partial charge in [-0.1, -0.05) is 62.3 Å². The van der Waals surface area contributed by atoms with Gasteiger partial charge in [0.25, 0.3) is 5.91 Å². The van der Waals surface area contributed by atoms with Crippen molar-refractivity contribution in [1.29, 1.82) is 0 Å². The molecule has 0 fully saturated rings. The average molecular weight is 543 g/mol. The first-order valence-corrected chi connectivity index (χ1v) is 14.5. The van der Waals surface area contributed by atoms with Gasteiger partial charge in [-0.05, 0) is 31.3 Å². The number of esters is 1. The molecule has 0 saturated carbocycles. The number of allylic oxidation sites excluding steroid dienone is 2. The third kappa shape index (κ3) is 10.7. The van der Waals surface area contributed by atoms with Gasteiger partial charge < -0.3 is 26.0 Å². The Balaban J connectivity index is 3.14. The number of rotatable bonds is 6. The van der Waals surface area contributed by atoms with Crippen LogP contribution in [0.4, 0.5) is 0 Å². The van der Waals surface area contributed by atoms with Crippen LogP contribution >= 0.6 is 21.6 Å². The Morgan fingerprint density at radius 1 is 1.19 bits per heavy atom.